The quantitative estimate of drug-likeness (QED) is 0.624. The maximum Gasteiger partial charge on any atom is 0.104 e. The van der Waals surface area contributed by atoms with Gasteiger partial charge in [0.05, 0.1) is 0 Å². The summed E-state index contributed by atoms with van der Waals surface area (Å²) in [4.78, 5) is 0. The van der Waals surface area contributed by atoms with E-state index in [1.54, 1.807) is 0 Å². The zero-order valence-electron chi connectivity index (χ0n) is 9.70. The van der Waals surface area contributed by atoms with E-state index >= 15 is 0 Å². The van der Waals surface area contributed by atoms with Crippen molar-refractivity contribution >= 4 is 11.8 Å². The van der Waals surface area contributed by atoms with Crippen LogP contribution in [0.4, 0.5) is 0 Å². The van der Waals surface area contributed by atoms with Gasteiger partial charge in [-0.2, -0.15) is 11.8 Å². The molecule has 1 aromatic rings. The van der Waals surface area contributed by atoms with Gasteiger partial charge >= 0.3 is 0 Å². The summed E-state index contributed by atoms with van der Waals surface area (Å²) in [6.07, 6.45) is 2.52. The molecule has 0 aliphatic rings. The molecule has 0 aliphatic heterocycles. The Morgan fingerprint density at radius 1 is 1.31 bits per heavy atom. The number of thioether (sulfide) groups is 1. The first kappa shape index (κ1) is 13.2. The molecule has 1 aromatic carbocycles. The SMILES string of the molecule is CCCCSCc1ccccc1C#CCO. The van der Waals surface area contributed by atoms with Gasteiger partial charge in [-0.1, -0.05) is 43.4 Å². The van der Waals surface area contributed by atoms with Crippen LogP contribution in [0.3, 0.4) is 0 Å². The lowest BCUT2D eigenvalue weighted by Crippen LogP contribution is -1.89. The second-order valence-corrected chi connectivity index (χ2v) is 4.63. The maximum atomic E-state index is 8.69. The summed E-state index contributed by atoms with van der Waals surface area (Å²) in [5.41, 5.74) is 2.31. The summed E-state index contributed by atoms with van der Waals surface area (Å²) in [7, 11) is 0. The van der Waals surface area contributed by atoms with Gasteiger partial charge in [0.15, 0.2) is 0 Å². The molecule has 16 heavy (non-hydrogen) atoms. The zero-order chi connectivity index (χ0) is 11.6. The topological polar surface area (TPSA) is 20.2 Å². The molecule has 0 radical (unpaired) electrons. The van der Waals surface area contributed by atoms with Gasteiger partial charge in [0, 0.05) is 11.3 Å². The number of hydrogen-bond acceptors (Lipinski definition) is 2. The molecule has 0 aliphatic carbocycles. The second-order valence-electron chi connectivity index (χ2n) is 3.52. The van der Waals surface area contributed by atoms with Crippen molar-refractivity contribution in [2.45, 2.75) is 25.5 Å². The first-order chi connectivity index (χ1) is 7.88. The molecule has 0 heterocycles. The molecular formula is C14H18OS. The van der Waals surface area contributed by atoms with Crippen molar-refractivity contribution in [2.75, 3.05) is 12.4 Å². The Labute approximate surface area is 102 Å². The largest absolute Gasteiger partial charge is 0.384 e. The fourth-order valence-electron chi connectivity index (χ4n) is 1.33. The Hall–Kier alpha value is -0.910. The highest BCUT2D eigenvalue weighted by Crippen LogP contribution is 2.17. The number of benzene rings is 1. The van der Waals surface area contributed by atoms with E-state index in [2.05, 4.69) is 24.8 Å². The summed E-state index contributed by atoms with van der Waals surface area (Å²) < 4.78 is 0. The lowest BCUT2D eigenvalue weighted by molar-refractivity contribution is 0.350. The van der Waals surface area contributed by atoms with E-state index in [9.17, 15) is 0 Å². The predicted molar refractivity (Wildman–Crippen MR) is 71.5 cm³/mol. The van der Waals surface area contributed by atoms with Gasteiger partial charge in [0.1, 0.15) is 6.61 Å². The Balaban J connectivity index is 2.57. The predicted octanol–water partition coefficient (Wildman–Crippen LogP) is 3.06. The van der Waals surface area contributed by atoms with Crippen LogP contribution in [0, 0.1) is 11.8 Å². The van der Waals surface area contributed by atoms with Crippen molar-refractivity contribution in [3.05, 3.63) is 35.4 Å². The van der Waals surface area contributed by atoms with Gasteiger partial charge < -0.3 is 5.11 Å². The van der Waals surface area contributed by atoms with Gasteiger partial charge in [-0.3, -0.25) is 0 Å². The average molecular weight is 234 g/mol. The fourth-order valence-corrected chi connectivity index (χ4v) is 2.44. The molecule has 0 saturated heterocycles. The summed E-state index contributed by atoms with van der Waals surface area (Å²) in [6, 6.07) is 8.15. The molecule has 0 unspecified atom stereocenters. The maximum absolute atomic E-state index is 8.69. The van der Waals surface area contributed by atoms with Crippen LogP contribution in [0.1, 0.15) is 30.9 Å². The van der Waals surface area contributed by atoms with Crippen LogP contribution in [-0.4, -0.2) is 17.5 Å². The van der Waals surface area contributed by atoms with E-state index in [1.165, 1.54) is 24.2 Å². The molecule has 0 saturated carbocycles. The summed E-state index contributed by atoms with van der Waals surface area (Å²) in [5, 5.41) is 8.69. The van der Waals surface area contributed by atoms with Crippen molar-refractivity contribution in [1.29, 1.82) is 0 Å². The number of aliphatic hydroxyl groups is 1. The van der Waals surface area contributed by atoms with Gasteiger partial charge in [0.2, 0.25) is 0 Å². The Morgan fingerprint density at radius 2 is 2.12 bits per heavy atom. The van der Waals surface area contributed by atoms with Gasteiger partial charge in [-0.05, 0) is 23.8 Å². The number of unbranched alkanes of at least 4 members (excludes halogenated alkanes) is 1. The third-order valence-corrected chi connectivity index (χ3v) is 3.31. The molecule has 86 valence electrons. The monoisotopic (exact) mass is 234 g/mol. The molecule has 0 atom stereocenters. The highest BCUT2D eigenvalue weighted by atomic mass is 32.2. The summed E-state index contributed by atoms with van der Waals surface area (Å²) in [6.45, 7) is 2.14. The summed E-state index contributed by atoms with van der Waals surface area (Å²) in [5.74, 6) is 7.91. The van der Waals surface area contributed by atoms with Crippen LogP contribution in [0.2, 0.25) is 0 Å². The minimum absolute atomic E-state index is 0.0721. The van der Waals surface area contributed by atoms with E-state index in [1.807, 2.05) is 30.0 Å². The lowest BCUT2D eigenvalue weighted by atomic mass is 10.1. The van der Waals surface area contributed by atoms with Crippen LogP contribution in [0.25, 0.3) is 0 Å². The Kier molecular flexibility index (Phi) is 6.80. The van der Waals surface area contributed by atoms with E-state index in [0.29, 0.717) is 0 Å². The number of hydrogen-bond donors (Lipinski definition) is 1. The van der Waals surface area contributed by atoms with Gasteiger partial charge in [-0.15, -0.1) is 0 Å². The summed E-state index contributed by atoms with van der Waals surface area (Å²) >= 11 is 1.95. The molecule has 1 rings (SSSR count). The van der Waals surface area contributed by atoms with Gasteiger partial charge in [-0.25, -0.2) is 0 Å². The van der Waals surface area contributed by atoms with Crippen LogP contribution in [0.5, 0.6) is 0 Å². The average Bonchev–Trinajstić information content (AvgIpc) is 2.33. The van der Waals surface area contributed by atoms with Crippen molar-refractivity contribution < 1.29 is 5.11 Å². The third kappa shape index (κ3) is 4.74. The highest BCUT2D eigenvalue weighted by Gasteiger charge is 1.98. The molecule has 1 nitrogen and oxygen atoms in total. The minimum atomic E-state index is -0.0721. The van der Waals surface area contributed by atoms with E-state index in [4.69, 9.17) is 5.11 Å². The molecule has 0 aromatic heterocycles. The smallest absolute Gasteiger partial charge is 0.104 e. The first-order valence-corrected chi connectivity index (χ1v) is 6.79. The minimum Gasteiger partial charge on any atom is -0.384 e. The number of aliphatic hydroxyl groups excluding tert-OH is 1. The van der Waals surface area contributed by atoms with Crippen molar-refractivity contribution in [3.8, 4) is 11.8 Å². The molecule has 0 spiro atoms. The second kappa shape index (κ2) is 8.27. The molecule has 0 fully saturated rings. The standard InChI is InChI=1S/C14H18OS/c1-2-3-11-16-12-14-8-5-4-7-13(14)9-6-10-15/h4-5,7-8,15H,2-3,10-12H2,1H3. The van der Waals surface area contributed by atoms with Crippen molar-refractivity contribution in [3.63, 3.8) is 0 Å². The van der Waals surface area contributed by atoms with Crippen LogP contribution < -0.4 is 0 Å². The van der Waals surface area contributed by atoms with Gasteiger partial charge in [0.25, 0.3) is 0 Å². The van der Waals surface area contributed by atoms with E-state index in [-0.39, 0.29) is 6.61 Å². The number of rotatable bonds is 5. The van der Waals surface area contributed by atoms with E-state index < -0.39 is 0 Å². The molecule has 2 heteroatoms. The zero-order valence-corrected chi connectivity index (χ0v) is 10.5. The highest BCUT2D eigenvalue weighted by molar-refractivity contribution is 7.98. The van der Waals surface area contributed by atoms with Crippen LogP contribution >= 0.6 is 11.8 Å². The molecule has 0 amide bonds. The molecular weight excluding hydrogens is 216 g/mol. The van der Waals surface area contributed by atoms with Crippen LogP contribution in [-0.2, 0) is 5.75 Å². The lowest BCUT2D eigenvalue weighted by Gasteiger charge is -2.03. The normalized spacial score (nSPS) is 9.62. The molecule has 0 bridgehead atoms. The third-order valence-electron chi connectivity index (χ3n) is 2.22. The van der Waals surface area contributed by atoms with Crippen molar-refractivity contribution in [2.24, 2.45) is 0 Å². The molecule has 1 N–H and O–H groups in total. The van der Waals surface area contributed by atoms with E-state index in [0.717, 1.165) is 11.3 Å². The fraction of sp³-hybridized carbons (Fsp3) is 0.429. The first-order valence-electron chi connectivity index (χ1n) is 5.64. The van der Waals surface area contributed by atoms with Crippen molar-refractivity contribution in [1.82, 2.24) is 0 Å². The Morgan fingerprint density at radius 3 is 2.88 bits per heavy atom. The Bertz CT molecular complexity index is 362. The van der Waals surface area contributed by atoms with Crippen LogP contribution in [0.15, 0.2) is 24.3 Å².